The van der Waals surface area contributed by atoms with Gasteiger partial charge in [-0.1, -0.05) is 23.7 Å². The molecule has 2 aromatic heterocycles. The lowest BCUT2D eigenvalue weighted by molar-refractivity contribution is -0.171. The first kappa shape index (κ1) is 18.6. The lowest BCUT2D eigenvalue weighted by atomic mass is 10.1. The van der Waals surface area contributed by atoms with Crippen LogP contribution in [0.5, 0.6) is 0 Å². The van der Waals surface area contributed by atoms with Crippen molar-refractivity contribution in [1.82, 2.24) is 18.7 Å². The molecule has 0 aliphatic heterocycles. The molecule has 11 heteroatoms. The Labute approximate surface area is 151 Å². The van der Waals surface area contributed by atoms with Crippen molar-refractivity contribution < 1.29 is 21.6 Å². The molecule has 3 aromatic rings. The van der Waals surface area contributed by atoms with E-state index in [0.29, 0.717) is 0 Å². The van der Waals surface area contributed by atoms with Crippen LogP contribution in [-0.4, -0.2) is 40.3 Å². The predicted octanol–water partition coefficient (Wildman–Crippen LogP) is 3.31. The molecule has 26 heavy (non-hydrogen) atoms. The van der Waals surface area contributed by atoms with Crippen molar-refractivity contribution in [2.45, 2.75) is 17.2 Å². The highest BCUT2D eigenvalue weighted by molar-refractivity contribution is 7.89. The van der Waals surface area contributed by atoms with Crippen LogP contribution in [0.1, 0.15) is 11.6 Å². The molecule has 0 amide bonds. The van der Waals surface area contributed by atoms with Gasteiger partial charge in [0.25, 0.3) is 10.0 Å². The van der Waals surface area contributed by atoms with E-state index in [1.54, 1.807) is 0 Å². The van der Waals surface area contributed by atoms with Crippen molar-refractivity contribution in [2.24, 2.45) is 0 Å². The molecule has 6 nitrogen and oxygen atoms in total. The molecule has 0 bridgehead atoms. The lowest BCUT2D eigenvalue weighted by Gasteiger charge is -2.29. The van der Waals surface area contributed by atoms with Crippen molar-refractivity contribution >= 4 is 27.4 Å². The van der Waals surface area contributed by atoms with Gasteiger partial charge in [0.05, 0.1) is 6.20 Å². The Hall–Kier alpha value is -2.17. The van der Waals surface area contributed by atoms with Gasteiger partial charge in [-0.3, -0.25) is 4.40 Å². The third-order valence-corrected chi connectivity index (χ3v) is 5.81. The molecule has 0 N–H and O–H groups in total. The van der Waals surface area contributed by atoms with Gasteiger partial charge >= 0.3 is 6.18 Å². The summed E-state index contributed by atoms with van der Waals surface area (Å²) in [5.41, 5.74) is -0.250. The van der Waals surface area contributed by atoms with Gasteiger partial charge in [0, 0.05) is 24.5 Å². The number of hydrogen-bond donors (Lipinski definition) is 0. The van der Waals surface area contributed by atoms with Crippen LogP contribution in [0.25, 0.3) is 5.78 Å². The average Bonchev–Trinajstić information content (AvgIpc) is 3.00. The maximum atomic E-state index is 13.7. The summed E-state index contributed by atoms with van der Waals surface area (Å²) >= 11 is 5.72. The minimum Gasteiger partial charge on any atom is -0.273 e. The van der Waals surface area contributed by atoms with Crippen molar-refractivity contribution in [1.29, 1.82) is 0 Å². The molecule has 0 spiro atoms. The highest BCUT2D eigenvalue weighted by Crippen LogP contribution is 2.39. The summed E-state index contributed by atoms with van der Waals surface area (Å²) in [5, 5.41) is -0.167. The monoisotopic (exact) mass is 404 g/mol. The summed E-state index contributed by atoms with van der Waals surface area (Å²) < 4.78 is 68.1. The zero-order chi connectivity index (χ0) is 19.1. The Morgan fingerprint density at radius 3 is 2.46 bits per heavy atom. The topological polar surface area (TPSA) is 67.6 Å². The van der Waals surface area contributed by atoms with E-state index in [-0.39, 0.29) is 20.7 Å². The first-order valence-electron chi connectivity index (χ1n) is 7.20. The molecule has 138 valence electrons. The third kappa shape index (κ3) is 3.27. The first-order chi connectivity index (χ1) is 12.1. The van der Waals surface area contributed by atoms with Crippen LogP contribution in [-0.2, 0) is 10.0 Å². The van der Waals surface area contributed by atoms with Crippen LogP contribution in [0, 0.1) is 0 Å². The molecule has 0 unspecified atom stereocenters. The van der Waals surface area contributed by atoms with Crippen molar-refractivity contribution in [3.63, 3.8) is 0 Å². The van der Waals surface area contributed by atoms with Crippen molar-refractivity contribution in [3.8, 4) is 0 Å². The SMILES string of the molecule is CN([C@H](c1ccc(Cl)cc1)C(F)(F)F)S(=O)(=O)c1cnc2ncccn12. The van der Waals surface area contributed by atoms with Crippen molar-refractivity contribution in [2.75, 3.05) is 7.05 Å². The Morgan fingerprint density at radius 1 is 1.19 bits per heavy atom. The molecule has 0 fully saturated rings. The van der Waals surface area contributed by atoms with E-state index >= 15 is 0 Å². The normalized spacial score (nSPS) is 14.1. The molecule has 0 saturated carbocycles. The molecule has 1 atom stereocenters. The number of aromatic nitrogens is 3. The quantitative estimate of drug-likeness (QED) is 0.669. The fourth-order valence-electron chi connectivity index (χ4n) is 2.53. The third-order valence-electron chi connectivity index (χ3n) is 3.76. The minimum absolute atomic E-state index is 0.0644. The Balaban J connectivity index is 2.11. The van der Waals surface area contributed by atoms with Gasteiger partial charge in [0.2, 0.25) is 5.78 Å². The van der Waals surface area contributed by atoms with Gasteiger partial charge in [-0.05, 0) is 23.8 Å². The number of alkyl halides is 3. The smallest absolute Gasteiger partial charge is 0.273 e. The fourth-order valence-corrected chi connectivity index (χ4v) is 4.05. The number of hydrogen-bond acceptors (Lipinski definition) is 4. The molecule has 0 aliphatic carbocycles. The van der Waals surface area contributed by atoms with Gasteiger partial charge in [0.15, 0.2) is 5.03 Å². The average molecular weight is 405 g/mol. The second-order valence-electron chi connectivity index (χ2n) is 5.40. The molecular weight excluding hydrogens is 393 g/mol. The Morgan fingerprint density at radius 2 is 1.85 bits per heavy atom. The van der Waals surface area contributed by atoms with Crippen LogP contribution >= 0.6 is 11.6 Å². The summed E-state index contributed by atoms with van der Waals surface area (Å²) in [6.07, 6.45) is -1.10. The second-order valence-corrected chi connectivity index (χ2v) is 7.78. The largest absolute Gasteiger partial charge is 0.409 e. The van der Waals surface area contributed by atoms with Crippen LogP contribution in [0.4, 0.5) is 13.2 Å². The van der Waals surface area contributed by atoms with Gasteiger partial charge in [-0.15, -0.1) is 0 Å². The summed E-state index contributed by atoms with van der Waals surface area (Å²) in [5.74, 6) is 0.0644. The molecule has 0 saturated heterocycles. The van der Waals surface area contributed by atoms with E-state index in [9.17, 15) is 21.6 Å². The van der Waals surface area contributed by atoms with E-state index in [2.05, 4.69) is 9.97 Å². The lowest BCUT2D eigenvalue weighted by Crippen LogP contribution is -2.40. The first-order valence-corrected chi connectivity index (χ1v) is 9.02. The van der Waals surface area contributed by atoms with Gasteiger partial charge in [-0.25, -0.2) is 18.4 Å². The molecule has 3 rings (SSSR count). The van der Waals surface area contributed by atoms with Crippen LogP contribution in [0.2, 0.25) is 5.02 Å². The maximum Gasteiger partial charge on any atom is 0.409 e. The number of halogens is 4. The van der Waals surface area contributed by atoms with Crippen LogP contribution in [0.3, 0.4) is 0 Å². The second kappa shape index (κ2) is 6.53. The number of sulfonamides is 1. The molecule has 2 heterocycles. The number of imidazole rings is 1. The summed E-state index contributed by atoms with van der Waals surface area (Å²) in [6.45, 7) is 0. The van der Waals surface area contributed by atoms with Gasteiger partial charge in [-0.2, -0.15) is 17.5 Å². The van der Waals surface area contributed by atoms with E-state index in [0.717, 1.165) is 29.8 Å². The van der Waals surface area contributed by atoms with E-state index in [4.69, 9.17) is 11.6 Å². The minimum atomic E-state index is -4.84. The highest BCUT2D eigenvalue weighted by atomic mass is 35.5. The molecule has 1 aromatic carbocycles. The van der Waals surface area contributed by atoms with E-state index < -0.39 is 27.3 Å². The maximum absolute atomic E-state index is 13.7. The summed E-state index contributed by atoms with van der Waals surface area (Å²) in [7, 11) is -3.65. The van der Waals surface area contributed by atoms with Crippen LogP contribution in [0.15, 0.2) is 53.9 Å². The molecular formula is C15H12ClF3N4O2S. The number of rotatable bonds is 4. The zero-order valence-corrected chi connectivity index (χ0v) is 14.8. The van der Waals surface area contributed by atoms with E-state index in [1.165, 1.54) is 30.6 Å². The van der Waals surface area contributed by atoms with Gasteiger partial charge < -0.3 is 0 Å². The van der Waals surface area contributed by atoms with E-state index in [1.807, 2.05) is 0 Å². The van der Waals surface area contributed by atoms with Crippen molar-refractivity contribution in [3.05, 3.63) is 59.5 Å². The zero-order valence-electron chi connectivity index (χ0n) is 13.2. The highest BCUT2D eigenvalue weighted by Gasteiger charge is 2.48. The summed E-state index contributed by atoms with van der Waals surface area (Å²) in [6, 6.07) is 3.90. The Bertz CT molecular complexity index is 1030. The fraction of sp³-hybridized carbons (Fsp3) is 0.200. The predicted molar refractivity (Wildman–Crippen MR) is 88.2 cm³/mol. The number of fused-ring (bicyclic) bond motifs is 1. The molecule has 0 aliphatic rings. The summed E-state index contributed by atoms with van der Waals surface area (Å²) in [4.78, 5) is 7.69. The Kier molecular flexibility index (Phi) is 4.67. The van der Waals surface area contributed by atoms with Crippen LogP contribution < -0.4 is 0 Å². The van der Waals surface area contributed by atoms with Gasteiger partial charge in [0.1, 0.15) is 6.04 Å². The number of benzene rings is 1. The molecule has 0 radical (unpaired) electrons. The standard InChI is InChI=1S/C15H12ClF3N4O2S/c1-22(13(15(17,18)19)10-3-5-11(16)6-4-10)26(24,25)12-9-21-14-20-7-2-8-23(12)14/h2-9,13H,1H3/t13-/m1/s1. The number of nitrogens with zero attached hydrogens (tertiary/aromatic N) is 4.